The van der Waals surface area contributed by atoms with Crippen LogP contribution in [0.3, 0.4) is 0 Å². The van der Waals surface area contributed by atoms with Crippen LogP contribution in [0, 0.1) is 5.92 Å². The van der Waals surface area contributed by atoms with Gasteiger partial charge in [0.25, 0.3) is 0 Å². The van der Waals surface area contributed by atoms with Gasteiger partial charge in [-0.1, -0.05) is 62.8 Å². The molecule has 0 radical (unpaired) electrons. The number of thioether (sulfide) groups is 1. The number of hydrogen-bond donors (Lipinski definition) is 0. The lowest BCUT2D eigenvalue weighted by molar-refractivity contribution is -0.144. The molecule has 0 saturated carbocycles. The number of nitrogens with zero attached hydrogens (tertiary/aromatic N) is 2. The molecule has 35 heavy (non-hydrogen) atoms. The van der Waals surface area contributed by atoms with Gasteiger partial charge >= 0.3 is 10.8 Å². The van der Waals surface area contributed by atoms with Crippen molar-refractivity contribution in [3.8, 4) is 0 Å². The Hall–Kier alpha value is -2.40. The number of rotatable bonds is 5. The molecule has 1 aromatic heterocycles. The molecule has 0 aliphatic carbocycles. The number of aromatic nitrogens is 1. The summed E-state index contributed by atoms with van der Waals surface area (Å²) < 4.78 is 7.22. The van der Waals surface area contributed by atoms with E-state index in [9.17, 15) is 19.2 Å². The van der Waals surface area contributed by atoms with Crippen LogP contribution in [0.5, 0.6) is 0 Å². The van der Waals surface area contributed by atoms with Crippen LogP contribution in [0.2, 0.25) is 5.02 Å². The summed E-state index contributed by atoms with van der Waals surface area (Å²) in [4.78, 5) is 54.1. The zero-order valence-corrected chi connectivity index (χ0v) is 22.2. The fourth-order valence-electron chi connectivity index (χ4n) is 4.49. The minimum atomic E-state index is -0.753. The Morgan fingerprint density at radius 3 is 2.54 bits per heavy atom. The Morgan fingerprint density at radius 2 is 1.86 bits per heavy atom. The number of hydrogen-bond acceptors (Lipinski definition) is 7. The van der Waals surface area contributed by atoms with Gasteiger partial charge in [-0.3, -0.25) is 23.7 Å². The Balaban J connectivity index is 1.65. The molecule has 2 aliphatic rings. The van der Waals surface area contributed by atoms with E-state index in [1.807, 2.05) is 24.3 Å². The maximum atomic E-state index is 13.8. The summed E-state index contributed by atoms with van der Waals surface area (Å²) in [5.74, 6) is -2.46. The molecule has 2 amide bonds. The monoisotopic (exact) mass is 592 g/mol. The maximum absolute atomic E-state index is 13.8. The highest BCUT2D eigenvalue weighted by Gasteiger charge is 2.56. The number of benzene rings is 2. The number of amides is 2. The number of carbonyl (C=O) groups excluding carboxylic acids is 3. The lowest BCUT2D eigenvalue weighted by Gasteiger charge is -2.30. The summed E-state index contributed by atoms with van der Waals surface area (Å²) >= 11 is 11.7. The molecule has 0 bridgehead atoms. The average molecular weight is 594 g/mol. The van der Waals surface area contributed by atoms with Gasteiger partial charge in [0.05, 0.1) is 23.2 Å². The third-order valence-electron chi connectivity index (χ3n) is 5.93. The zero-order chi connectivity index (χ0) is 24.9. The van der Waals surface area contributed by atoms with E-state index in [1.165, 1.54) is 21.2 Å². The summed E-state index contributed by atoms with van der Waals surface area (Å²) in [7, 11) is 0. The highest BCUT2D eigenvalue weighted by Crippen LogP contribution is 2.54. The third kappa shape index (κ3) is 4.26. The summed E-state index contributed by atoms with van der Waals surface area (Å²) in [5, 5.41) is 0.271. The molecule has 7 nitrogen and oxygen atoms in total. The Kier molecular flexibility index (Phi) is 6.65. The second kappa shape index (κ2) is 9.57. The molecule has 0 N–H and O–H groups in total. The van der Waals surface area contributed by atoms with Crippen molar-refractivity contribution < 1.29 is 19.1 Å². The number of esters is 1. The van der Waals surface area contributed by atoms with Crippen molar-refractivity contribution >= 4 is 74.1 Å². The fraction of sp³-hybridized carbons (Fsp3) is 0.250. The normalized spacial score (nSPS) is 21.1. The average Bonchev–Trinajstić information content (AvgIpc) is 3.26. The van der Waals surface area contributed by atoms with Gasteiger partial charge < -0.3 is 4.74 Å². The van der Waals surface area contributed by atoms with Crippen molar-refractivity contribution in [3.05, 3.63) is 78.1 Å². The number of fused-ring (bicyclic) bond motifs is 2. The number of anilines is 1. The topological polar surface area (TPSA) is 85.7 Å². The van der Waals surface area contributed by atoms with Crippen molar-refractivity contribution in [1.82, 2.24) is 4.57 Å². The molecule has 2 aliphatic heterocycles. The first kappa shape index (κ1) is 24.3. The molecule has 1 saturated heterocycles. The first-order valence-electron chi connectivity index (χ1n) is 10.7. The van der Waals surface area contributed by atoms with Crippen LogP contribution in [0.25, 0.3) is 0 Å². The summed E-state index contributed by atoms with van der Waals surface area (Å²) in [5.41, 5.74) is 1.25. The number of imide groups is 1. The lowest BCUT2D eigenvalue weighted by Crippen LogP contribution is -2.32. The smallest absolute Gasteiger partial charge is 0.326 e. The number of thiazole rings is 1. The van der Waals surface area contributed by atoms with E-state index in [-0.39, 0.29) is 29.8 Å². The SMILES string of the molecule is CCOC(=O)Cn1c2c(sc1=O)C(c1cccc(Br)c1)C1C(=O)N(c3ccc(Cl)cc3)C(=O)C1S2. The fourth-order valence-corrected chi connectivity index (χ4v) is 7.81. The first-order valence-corrected chi connectivity index (χ1v) is 13.6. The van der Waals surface area contributed by atoms with Crippen molar-refractivity contribution in [2.75, 3.05) is 11.5 Å². The minimum absolute atomic E-state index is 0.196. The Labute approximate surface area is 222 Å². The molecule has 180 valence electrons. The molecular weight excluding hydrogens is 576 g/mol. The van der Waals surface area contributed by atoms with E-state index in [4.69, 9.17) is 16.3 Å². The van der Waals surface area contributed by atoms with E-state index < -0.39 is 23.1 Å². The summed E-state index contributed by atoms with van der Waals surface area (Å²) in [6.45, 7) is 1.64. The maximum Gasteiger partial charge on any atom is 0.326 e. The first-order chi connectivity index (χ1) is 16.8. The van der Waals surface area contributed by atoms with Crippen molar-refractivity contribution in [2.45, 2.75) is 29.7 Å². The number of carbonyl (C=O) groups is 3. The molecule has 1 fully saturated rings. The van der Waals surface area contributed by atoms with Crippen molar-refractivity contribution in [2.24, 2.45) is 5.92 Å². The van der Waals surface area contributed by atoms with Gasteiger partial charge in [-0.15, -0.1) is 0 Å². The largest absolute Gasteiger partial charge is 0.465 e. The van der Waals surface area contributed by atoms with Gasteiger partial charge in [0.15, 0.2) is 0 Å². The van der Waals surface area contributed by atoms with Crippen LogP contribution in [-0.4, -0.2) is 34.2 Å². The molecule has 3 heterocycles. The van der Waals surface area contributed by atoms with Gasteiger partial charge in [-0.25, -0.2) is 4.90 Å². The van der Waals surface area contributed by atoms with Gasteiger partial charge in [0.1, 0.15) is 11.8 Å². The van der Waals surface area contributed by atoms with Crippen LogP contribution >= 0.6 is 50.6 Å². The minimum Gasteiger partial charge on any atom is -0.465 e. The van der Waals surface area contributed by atoms with E-state index >= 15 is 0 Å². The zero-order valence-electron chi connectivity index (χ0n) is 18.3. The second-order valence-electron chi connectivity index (χ2n) is 8.01. The van der Waals surface area contributed by atoms with Crippen LogP contribution in [0.1, 0.15) is 23.3 Å². The van der Waals surface area contributed by atoms with E-state index in [0.717, 1.165) is 21.4 Å². The van der Waals surface area contributed by atoms with Crippen LogP contribution in [-0.2, 0) is 25.7 Å². The van der Waals surface area contributed by atoms with E-state index in [1.54, 1.807) is 31.2 Å². The lowest BCUT2D eigenvalue weighted by atomic mass is 9.83. The standard InChI is InChI=1S/C24H18BrClN2O5S2/c1-2-33-16(29)11-27-23-20(35-24(27)32)17(12-4-3-5-13(25)10-12)18-19(34-23)22(31)28(21(18)30)15-8-6-14(26)7-9-15/h3-10,17-19H,2,11H2,1H3. The highest BCUT2D eigenvalue weighted by atomic mass is 79.9. The van der Waals surface area contributed by atoms with Gasteiger partial charge in [-0.05, 0) is 48.9 Å². The molecule has 3 aromatic rings. The summed E-state index contributed by atoms with van der Waals surface area (Å²) in [6.07, 6.45) is 0. The Morgan fingerprint density at radius 1 is 1.11 bits per heavy atom. The molecule has 2 aromatic carbocycles. The molecule has 5 rings (SSSR count). The quantitative estimate of drug-likeness (QED) is 0.315. The van der Waals surface area contributed by atoms with E-state index in [0.29, 0.717) is 20.6 Å². The van der Waals surface area contributed by atoms with Crippen LogP contribution in [0.15, 0.2) is 62.8 Å². The highest BCUT2D eigenvalue weighted by molar-refractivity contribution is 9.10. The van der Waals surface area contributed by atoms with Crippen molar-refractivity contribution in [1.29, 1.82) is 0 Å². The van der Waals surface area contributed by atoms with E-state index in [2.05, 4.69) is 15.9 Å². The van der Waals surface area contributed by atoms with Crippen LogP contribution < -0.4 is 9.77 Å². The molecule has 0 spiro atoms. The number of ether oxygens (including phenoxy) is 1. The molecule has 3 atom stereocenters. The number of halogens is 2. The molecular formula is C24H18BrClN2O5S2. The van der Waals surface area contributed by atoms with Crippen molar-refractivity contribution in [3.63, 3.8) is 0 Å². The molecule has 3 unspecified atom stereocenters. The third-order valence-corrected chi connectivity index (χ3v) is 9.28. The van der Waals surface area contributed by atoms with Gasteiger partial charge in [0, 0.05) is 20.3 Å². The van der Waals surface area contributed by atoms with Gasteiger partial charge in [-0.2, -0.15) is 0 Å². The van der Waals surface area contributed by atoms with Gasteiger partial charge in [0.2, 0.25) is 11.8 Å². The second-order valence-corrected chi connectivity index (χ2v) is 11.5. The molecule has 11 heteroatoms. The predicted molar refractivity (Wildman–Crippen MR) is 138 cm³/mol. The van der Waals surface area contributed by atoms with Crippen LogP contribution in [0.4, 0.5) is 5.69 Å². The summed E-state index contributed by atoms with van der Waals surface area (Å²) in [6, 6.07) is 14.0. The predicted octanol–water partition coefficient (Wildman–Crippen LogP) is 4.68. The Bertz CT molecular complexity index is 1400.